The highest BCUT2D eigenvalue weighted by molar-refractivity contribution is 8.13. The number of carbonyl (C=O) groups excluding carboxylic acids is 1. The van der Waals surface area contributed by atoms with E-state index >= 15 is 0 Å². The summed E-state index contributed by atoms with van der Waals surface area (Å²) < 4.78 is 38.6. The van der Waals surface area contributed by atoms with Crippen molar-refractivity contribution in [1.82, 2.24) is 0 Å². The first-order chi connectivity index (χ1) is 9.12. The van der Waals surface area contributed by atoms with Gasteiger partial charge in [-0.25, -0.2) is 0 Å². The second-order valence-electron chi connectivity index (χ2n) is 4.16. The van der Waals surface area contributed by atoms with E-state index in [2.05, 4.69) is 0 Å². The first-order valence-electron chi connectivity index (χ1n) is 5.59. The lowest BCUT2D eigenvalue weighted by Crippen LogP contribution is -2.24. The molecule has 20 heavy (non-hydrogen) atoms. The lowest BCUT2D eigenvalue weighted by atomic mass is 9.98. The fourth-order valence-corrected chi connectivity index (χ4v) is 2.17. The Morgan fingerprint density at radius 2 is 2.00 bits per heavy atom. The Morgan fingerprint density at radius 3 is 2.50 bits per heavy atom. The van der Waals surface area contributed by atoms with Gasteiger partial charge >= 0.3 is 6.18 Å². The van der Waals surface area contributed by atoms with Crippen LogP contribution in [0, 0.1) is 0 Å². The van der Waals surface area contributed by atoms with Gasteiger partial charge in [-0.1, -0.05) is 17.8 Å². The Hall–Kier alpha value is -1.25. The van der Waals surface area contributed by atoms with E-state index in [0.29, 0.717) is 6.07 Å². The molecule has 0 heterocycles. The van der Waals surface area contributed by atoms with Crippen molar-refractivity contribution >= 4 is 22.6 Å². The quantitative estimate of drug-likeness (QED) is 0.741. The average Bonchev–Trinajstić information content (AvgIpc) is 2.33. The van der Waals surface area contributed by atoms with Crippen molar-refractivity contribution in [2.24, 2.45) is 0 Å². The fourth-order valence-electron chi connectivity index (χ4n) is 1.58. The minimum Gasteiger partial charge on any atom is -0.399 e. The third-order valence-electron chi connectivity index (χ3n) is 2.52. The molecule has 1 aromatic rings. The summed E-state index contributed by atoms with van der Waals surface area (Å²) in [6.45, 7) is 1.26. The number of aliphatic hydroxyl groups excluding tert-OH is 2. The van der Waals surface area contributed by atoms with Crippen molar-refractivity contribution in [3.8, 4) is 0 Å². The Kier molecular flexibility index (Phi) is 5.43. The number of halogens is 3. The normalized spacial score (nSPS) is 14.9. The first-order valence-corrected chi connectivity index (χ1v) is 6.57. The number of anilines is 1. The van der Waals surface area contributed by atoms with Crippen molar-refractivity contribution in [2.45, 2.75) is 25.3 Å². The van der Waals surface area contributed by atoms with Crippen molar-refractivity contribution in [3.63, 3.8) is 0 Å². The lowest BCUT2D eigenvalue weighted by molar-refractivity contribution is -0.139. The number of hydrogen-bond donors (Lipinski definition) is 3. The van der Waals surface area contributed by atoms with Crippen LogP contribution >= 0.6 is 11.8 Å². The van der Waals surface area contributed by atoms with Crippen LogP contribution in [0.4, 0.5) is 18.9 Å². The van der Waals surface area contributed by atoms with Crippen LogP contribution in [0.15, 0.2) is 18.2 Å². The summed E-state index contributed by atoms with van der Waals surface area (Å²) >= 11 is 0.724. The molecule has 2 unspecified atom stereocenters. The highest BCUT2D eigenvalue weighted by Crippen LogP contribution is 2.37. The van der Waals surface area contributed by atoms with Crippen LogP contribution in [-0.2, 0) is 11.0 Å². The number of benzene rings is 1. The number of nitrogen functional groups attached to an aromatic ring is 1. The van der Waals surface area contributed by atoms with Crippen molar-refractivity contribution in [2.75, 3.05) is 11.5 Å². The van der Waals surface area contributed by atoms with Crippen LogP contribution in [0.25, 0.3) is 0 Å². The summed E-state index contributed by atoms with van der Waals surface area (Å²) in [4.78, 5) is 10.8. The van der Waals surface area contributed by atoms with Gasteiger partial charge < -0.3 is 15.9 Å². The van der Waals surface area contributed by atoms with Crippen LogP contribution in [0.3, 0.4) is 0 Å². The molecule has 0 fully saturated rings. The molecule has 8 heteroatoms. The van der Waals surface area contributed by atoms with E-state index in [4.69, 9.17) is 5.73 Å². The largest absolute Gasteiger partial charge is 0.416 e. The molecule has 0 aliphatic carbocycles. The molecule has 0 saturated heterocycles. The van der Waals surface area contributed by atoms with Crippen molar-refractivity contribution < 1.29 is 28.2 Å². The number of alkyl halides is 3. The summed E-state index contributed by atoms with van der Waals surface area (Å²) in [6, 6.07) is 2.92. The monoisotopic (exact) mass is 309 g/mol. The van der Waals surface area contributed by atoms with Gasteiger partial charge in [0.2, 0.25) is 0 Å². The van der Waals surface area contributed by atoms with E-state index in [9.17, 15) is 28.2 Å². The first kappa shape index (κ1) is 16.8. The second kappa shape index (κ2) is 6.47. The van der Waals surface area contributed by atoms with Crippen LogP contribution in [0.2, 0.25) is 0 Å². The maximum atomic E-state index is 12.9. The Labute approximate surface area is 117 Å². The molecule has 0 bridgehead atoms. The molecule has 2 atom stereocenters. The lowest BCUT2D eigenvalue weighted by Gasteiger charge is -2.21. The smallest absolute Gasteiger partial charge is 0.399 e. The van der Waals surface area contributed by atoms with Gasteiger partial charge in [-0.2, -0.15) is 13.2 Å². The Morgan fingerprint density at radius 1 is 1.40 bits per heavy atom. The van der Waals surface area contributed by atoms with Gasteiger partial charge in [-0.15, -0.1) is 0 Å². The predicted molar refractivity (Wildman–Crippen MR) is 70.0 cm³/mol. The summed E-state index contributed by atoms with van der Waals surface area (Å²) in [5, 5.41) is 19.2. The molecule has 0 aliphatic rings. The van der Waals surface area contributed by atoms with Gasteiger partial charge in [-0.3, -0.25) is 4.79 Å². The van der Waals surface area contributed by atoms with E-state index in [1.807, 2.05) is 0 Å². The molecule has 0 amide bonds. The van der Waals surface area contributed by atoms with Gasteiger partial charge in [0, 0.05) is 18.4 Å². The third kappa shape index (κ3) is 4.39. The molecule has 1 rings (SSSR count). The van der Waals surface area contributed by atoms with Crippen LogP contribution in [0.5, 0.6) is 0 Å². The average molecular weight is 309 g/mol. The number of carbonyl (C=O) groups is 1. The number of hydrogen-bond acceptors (Lipinski definition) is 5. The van der Waals surface area contributed by atoms with Crippen molar-refractivity contribution in [1.29, 1.82) is 0 Å². The molecular formula is C12H14F3NO3S. The van der Waals surface area contributed by atoms with E-state index < -0.39 is 29.5 Å². The SMILES string of the molecule is CC(=O)SCC(O)C(O)c1ccc(N)cc1C(F)(F)F. The molecule has 4 nitrogen and oxygen atoms in total. The molecule has 0 radical (unpaired) electrons. The minimum absolute atomic E-state index is 0.0964. The van der Waals surface area contributed by atoms with E-state index in [1.165, 1.54) is 13.0 Å². The molecule has 0 spiro atoms. The summed E-state index contributed by atoms with van der Waals surface area (Å²) in [5.74, 6) is -0.196. The summed E-state index contributed by atoms with van der Waals surface area (Å²) in [5.41, 5.74) is 3.64. The minimum atomic E-state index is -4.70. The Balaban J connectivity index is 3.03. The molecule has 0 saturated carbocycles. The number of nitrogens with two attached hydrogens (primary N) is 1. The zero-order valence-corrected chi connectivity index (χ0v) is 11.3. The van der Waals surface area contributed by atoms with Gasteiger partial charge in [0.25, 0.3) is 0 Å². The standard InChI is InChI=1S/C12H14F3NO3S/c1-6(17)20-5-10(18)11(19)8-3-2-7(16)4-9(8)12(13,14)15/h2-4,10-11,18-19H,5,16H2,1H3. The predicted octanol–water partition coefficient (Wildman–Crippen LogP) is 1.96. The van der Waals surface area contributed by atoms with E-state index in [-0.39, 0.29) is 16.6 Å². The van der Waals surface area contributed by atoms with Crippen molar-refractivity contribution in [3.05, 3.63) is 29.3 Å². The fraction of sp³-hybridized carbons (Fsp3) is 0.417. The number of rotatable bonds is 4. The maximum absolute atomic E-state index is 12.9. The van der Waals surface area contributed by atoms with E-state index in [1.54, 1.807) is 0 Å². The highest BCUT2D eigenvalue weighted by atomic mass is 32.2. The van der Waals surface area contributed by atoms with Gasteiger partial charge in [0.1, 0.15) is 6.10 Å². The highest BCUT2D eigenvalue weighted by Gasteiger charge is 2.36. The molecular weight excluding hydrogens is 295 g/mol. The van der Waals surface area contributed by atoms with Crippen LogP contribution in [-0.4, -0.2) is 27.2 Å². The van der Waals surface area contributed by atoms with Gasteiger partial charge in [-0.05, 0) is 17.7 Å². The third-order valence-corrected chi connectivity index (χ3v) is 3.44. The number of aliphatic hydroxyl groups is 2. The summed E-state index contributed by atoms with van der Waals surface area (Å²) in [7, 11) is 0. The maximum Gasteiger partial charge on any atom is 0.416 e. The van der Waals surface area contributed by atoms with Gasteiger partial charge in [0.15, 0.2) is 5.12 Å². The topological polar surface area (TPSA) is 83.5 Å². The molecule has 0 aromatic heterocycles. The summed E-state index contributed by atoms with van der Waals surface area (Å²) in [6.07, 6.45) is -7.94. The van der Waals surface area contributed by atoms with Gasteiger partial charge in [0.05, 0.1) is 11.7 Å². The number of thioether (sulfide) groups is 1. The molecule has 112 valence electrons. The zero-order chi connectivity index (χ0) is 15.5. The van der Waals surface area contributed by atoms with Crippen LogP contribution in [0.1, 0.15) is 24.2 Å². The second-order valence-corrected chi connectivity index (χ2v) is 5.36. The van der Waals surface area contributed by atoms with E-state index in [0.717, 1.165) is 17.8 Å². The van der Waals surface area contributed by atoms with Crippen LogP contribution < -0.4 is 5.73 Å². The molecule has 0 aliphatic heterocycles. The molecule has 4 N–H and O–H groups in total. The molecule has 1 aromatic carbocycles. The Bertz CT molecular complexity index is 493. The zero-order valence-electron chi connectivity index (χ0n) is 10.5.